The number of carbonyl (C=O) groups is 1. The van der Waals surface area contributed by atoms with Gasteiger partial charge in [-0.2, -0.15) is 0 Å². The summed E-state index contributed by atoms with van der Waals surface area (Å²) < 4.78 is 0. The topological polar surface area (TPSA) is 65.1 Å². The number of nitrogens with one attached hydrogen (secondary N) is 2. The van der Waals surface area contributed by atoms with Crippen LogP contribution in [-0.2, 0) is 0 Å². The van der Waals surface area contributed by atoms with Crippen molar-refractivity contribution in [1.29, 1.82) is 0 Å². The Bertz CT molecular complexity index is 614. The number of hydrogen-bond acceptors (Lipinski definition) is 2. The maximum atomic E-state index is 12.3. The Hall–Kier alpha value is -1.81. The van der Waals surface area contributed by atoms with Gasteiger partial charge in [0.2, 0.25) is 0 Å². The summed E-state index contributed by atoms with van der Waals surface area (Å²) >= 11 is 0. The van der Waals surface area contributed by atoms with E-state index in [2.05, 4.69) is 10.3 Å². The third-order valence-corrected chi connectivity index (χ3v) is 4.50. The van der Waals surface area contributed by atoms with Crippen LogP contribution in [0.2, 0.25) is 0 Å². The number of rotatable bonds is 4. The van der Waals surface area contributed by atoms with E-state index >= 15 is 0 Å². The molecular weight excluding hydrogens is 264 g/mol. The van der Waals surface area contributed by atoms with Gasteiger partial charge in [-0.15, -0.1) is 0 Å². The molecule has 1 aromatic heterocycles. The first kappa shape index (κ1) is 14.1. The summed E-state index contributed by atoms with van der Waals surface area (Å²) in [6, 6.07) is 7.60. The molecule has 0 spiro atoms. The van der Waals surface area contributed by atoms with Gasteiger partial charge in [-0.05, 0) is 30.9 Å². The van der Waals surface area contributed by atoms with Crippen molar-refractivity contribution in [3.8, 4) is 0 Å². The van der Waals surface area contributed by atoms with Gasteiger partial charge in [0, 0.05) is 18.1 Å². The van der Waals surface area contributed by atoms with Gasteiger partial charge in [-0.1, -0.05) is 31.4 Å². The first-order chi connectivity index (χ1) is 10.3. The second-order valence-electron chi connectivity index (χ2n) is 5.92. The Morgan fingerprint density at radius 2 is 2.10 bits per heavy atom. The summed E-state index contributed by atoms with van der Waals surface area (Å²) in [5.41, 5.74) is 1.48. The highest BCUT2D eigenvalue weighted by atomic mass is 16.3. The lowest BCUT2D eigenvalue weighted by molar-refractivity contribution is 0.0739. The molecule has 3 rings (SSSR count). The fourth-order valence-corrected chi connectivity index (χ4v) is 3.25. The SMILES string of the molecule is O=C(NCC(O)C1CCCCC1)c1cccc2cc[nH]c12. The minimum Gasteiger partial charge on any atom is -0.391 e. The Kier molecular flexibility index (Phi) is 4.25. The van der Waals surface area contributed by atoms with E-state index in [9.17, 15) is 9.90 Å². The van der Waals surface area contributed by atoms with Gasteiger partial charge >= 0.3 is 0 Å². The van der Waals surface area contributed by atoms with Crippen molar-refractivity contribution >= 4 is 16.8 Å². The monoisotopic (exact) mass is 286 g/mol. The Morgan fingerprint density at radius 1 is 1.29 bits per heavy atom. The molecule has 1 heterocycles. The van der Waals surface area contributed by atoms with Crippen molar-refractivity contribution in [1.82, 2.24) is 10.3 Å². The molecule has 1 aliphatic carbocycles. The molecule has 1 aliphatic rings. The van der Waals surface area contributed by atoms with E-state index < -0.39 is 6.10 Å². The normalized spacial score (nSPS) is 17.8. The highest BCUT2D eigenvalue weighted by Gasteiger charge is 2.22. The van der Waals surface area contributed by atoms with E-state index in [1.807, 2.05) is 24.4 Å². The number of aromatic amines is 1. The number of amides is 1. The van der Waals surface area contributed by atoms with Crippen LogP contribution in [0.15, 0.2) is 30.5 Å². The molecule has 1 fully saturated rings. The molecule has 0 radical (unpaired) electrons. The van der Waals surface area contributed by atoms with E-state index in [-0.39, 0.29) is 5.91 Å². The Morgan fingerprint density at radius 3 is 2.90 bits per heavy atom. The molecule has 1 unspecified atom stereocenters. The Balaban J connectivity index is 1.62. The lowest BCUT2D eigenvalue weighted by atomic mass is 9.85. The standard InChI is InChI=1S/C17H22N2O2/c20-15(12-5-2-1-3-6-12)11-19-17(21)14-8-4-7-13-9-10-18-16(13)14/h4,7-10,12,15,18,20H,1-3,5-6,11H2,(H,19,21). The number of H-pyrrole nitrogens is 1. The summed E-state index contributed by atoms with van der Waals surface area (Å²) in [5.74, 6) is 0.207. The van der Waals surface area contributed by atoms with Crippen LogP contribution in [0.4, 0.5) is 0 Å². The maximum absolute atomic E-state index is 12.3. The minimum absolute atomic E-state index is 0.127. The van der Waals surface area contributed by atoms with E-state index in [1.54, 1.807) is 6.07 Å². The third kappa shape index (κ3) is 3.10. The molecule has 2 aromatic rings. The van der Waals surface area contributed by atoms with Crippen LogP contribution >= 0.6 is 0 Å². The molecule has 112 valence electrons. The van der Waals surface area contributed by atoms with Gasteiger partial charge in [-0.3, -0.25) is 4.79 Å². The van der Waals surface area contributed by atoms with Crippen LogP contribution in [0.25, 0.3) is 10.9 Å². The number of fused-ring (bicyclic) bond motifs is 1. The molecular formula is C17H22N2O2. The number of carbonyl (C=O) groups excluding carboxylic acids is 1. The number of benzene rings is 1. The second kappa shape index (κ2) is 6.31. The first-order valence-corrected chi connectivity index (χ1v) is 7.78. The molecule has 1 saturated carbocycles. The fourth-order valence-electron chi connectivity index (χ4n) is 3.25. The van der Waals surface area contributed by atoms with Crippen molar-refractivity contribution in [2.75, 3.05) is 6.54 Å². The number of hydrogen-bond donors (Lipinski definition) is 3. The van der Waals surface area contributed by atoms with Gasteiger partial charge < -0.3 is 15.4 Å². The lowest BCUT2D eigenvalue weighted by Crippen LogP contribution is -2.37. The predicted molar refractivity (Wildman–Crippen MR) is 83.2 cm³/mol. The minimum atomic E-state index is -0.433. The fraction of sp³-hybridized carbons (Fsp3) is 0.471. The highest BCUT2D eigenvalue weighted by Crippen LogP contribution is 2.26. The van der Waals surface area contributed by atoms with Crippen LogP contribution in [0.3, 0.4) is 0 Å². The molecule has 0 bridgehead atoms. The molecule has 0 aliphatic heterocycles. The first-order valence-electron chi connectivity index (χ1n) is 7.78. The van der Waals surface area contributed by atoms with Crippen LogP contribution in [0.1, 0.15) is 42.5 Å². The molecule has 3 N–H and O–H groups in total. The number of aliphatic hydroxyl groups excluding tert-OH is 1. The summed E-state index contributed by atoms with van der Waals surface area (Å²) in [6.07, 6.45) is 7.20. The quantitative estimate of drug-likeness (QED) is 0.809. The molecule has 21 heavy (non-hydrogen) atoms. The molecule has 1 amide bonds. The summed E-state index contributed by atoms with van der Waals surface area (Å²) in [7, 11) is 0. The van der Waals surface area contributed by atoms with Crippen LogP contribution in [0, 0.1) is 5.92 Å². The van der Waals surface area contributed by atoms with E-state index in [1.165, 1.54) is 19.3 Å². The van der Waals surface area contributed by atoms with Crippen molar-refractivity contribution < 1.29 is 9.90 Å². The second-order valence-corrected chi connectivity index (χ2v) is 5.92. The van der Waals surface area contributed by atoms with E-state index in [4.69, 9.17) is 0 Å². The van der Waals surface area contributed by atoms with Gasteiger partial charge in [0.15, 0.2) is 0 Å². The van der Waals surface area contributed by atoms with Crippen molar-refractivity contribution in [3.05, 3.63) is 36.0 Å². The summed E-state index contributed by atoms with van der Waals surface area (Å²) in [4.78, 5) is 15.4. The molecule has 4 nitrogen and oxygen atoms in total. The molecule has 1 atom stereocenters. The van der Waals surface area contributed by atoms with Gasteiger partial charge in [0.25, 0.3) is 5.91 Å². The smallest absolute Gasteiger partial charge is 0.253 e. The molecule has 4 heteroatoms. The van der Waals surface area contributed by atoms with Crippen molar-refractivity contribution in [2.24, 2.45) is 5.92 Å². The number of aliphatic hydroxyl groups is 1. The van der Waals surface area contributed by atoms with Crippen molar-refractivity contribution in [2.45, 2.75) is 38.2 Å². The van der Waals surface area contributed by atoms with E-state index in [0.717, 1.165) is 23.7 Å². The van der Waals surface area contributed by atoms with Crippen molar-refractivity contribution in [3.63, 3.8) is 0 Å². The average Bonchev–Trinajstić information content (AvgIpc) is 3.01. The number of para-hydroxylation sites is 1. The zero-order valence-electron chi connectivity index (χ0n) is 12.1. The molecule has 1 aromatic carbocycles. The van der Waals surface area contributed by atoms with Gasteiger partial charge in [0.1, 0.15) is 0 Å². The summed E-state index contributed by atoms with van der Waals surface area (Å²) in [6.45, 7) is 0.334. The molecule has 0 saturated heterocycles. The van der Waals surface area contributed by atoms with Crippen LogP contribution in [0.5, 0.6) is 0 Å². The van der Waals surface area contributed by atoms with E-state index in [0.29, 0.717) is 18.0 Å². The predicted octanol–water partition coefficient (Wildman–Crippen LogP) is 2.84. The zero-order valence-corrected chi connectivity index (χ0v) is 12.1. The Labute approximate surface area is 124 Å². The van der Waals surface area contributed by atoms with Gasteiger partial charge in [0.05, 0.1) is 17.2 Å². The zero-order chi connectivity index (χ0) is 14.7. The third-order valence-electron chi connectivity index (χ3n) is 4.50. The largest absolute Gasteiger partial charge is 0.391 e. The highest BCUT2D eigenvalue weighted by molar-refractivity contribution is 6.05. The maximum Gasteiger partial charge on any atom is 0.253 e. The summed E-state index contributed by atoms with van der Waals surface area (Å²) in [5, 5.41) is 14.1. The van der Waals surface area contributed by atoms with Crippen LogP contribution in [-0.4, -0.2) is 28.6 Å². The number of aromatic nitrogens is 1. The van der Waals surface area contributed by atoms with Crippen LogP contribution < -0.4 is 5.32 Å². The van der Waals surface area contributed by atoms with Gasteiger partial charge in [-0.25, -0.2) is 0 Å². The average molecular weight is 286 g/mol. The lowest BCUT2D eigenvalue weighted by Gasteiger charge is -2.26.